The zero-order valence-corrected chi connectivity index (χ0v) is 14.7. The second-order valence-corrected chi connectivity index (χ2v) is 7.94. The van der Waals surface area contributed by atoms with Crippen molar-refractivity contribution in [3.63, 3.8) is 0 Å². The fourth-order valence-corrected chi connectivity index (χ4v) is 5.35. The van der Waals surface area contributed by atoms with Gasteiger partial charge in [-0.25, -0.2) is 0 Å². The van der Waals surface area contributed by atoms with Crippen molar-refractivity contribution in [2.45, 2.75) is 82.1 Å². The molecular formula is C19H29F3N2O. The Balaban J connectivity index is 1.66. The number of halogens is 3. The number of carbonyl (C=O) groups excluding carboxylic acids is 1. The van der Waals surface area contributed by atoms with E-state index in [2.05, 4.69) is 16.8 Å². The monoisotopic (exact) mass is 358 g/mol. The van der Waals surface area contributed by atoms with E-state index in [9.17, 15) is 18.0 Å². The Kier molecular flexibility index (Phi) is 5.76. The van der Waals surface area contributed by atoms with Crippen LogP contribution in [0.15, 0.2) is 12.7 Å². The fourth-order valence-electron chi connectivity index (χ4n) is 5.35. The van der Waals surface area contributed by atoms with Crippen LogP contribution in [0, 0.1) is 11.8 Å². The van der Waals surface area contributed by atoms with E-state index in [0.29, 0.717) is 31.3 Å². The summed E-state index contributed by atoms with van der Waals surface area (Å²) in [6, 6.07) is 0.980. The van der Waals surface area contributed by atoms with Gasteiger partial charge < -0.3 is 5.32 Å². The van der Waals surface area contributed by atoms with Gasteiger partial charge in [-0.1, -0.05) is 19.4 Å². The van der Waals surface area contributed by atoms with Crippen LogP contribution < -0.4 is 5.32 Å². The first-order chi connectivity index (χ1) is 11.9. The first-order valence-electron chi connectivity index (χ1n) is 9.64. The van der Waals surface area contributed by atoms with Crippen LogP contribution >= 0.6 is 0 Å². The van der Waals surface area contributed by atoms with Gasteiger partial charge in [-0.05, 0) is 56.9 Å². The van der Waals surface area contributed by atoms with Crippen molar-refractivity contribution in [2.75, 3.05) is 6.54 Å². The fraction of sp³-hybridized carbons (Fsp3) is 0.842. The van der Waals surface area contributed by atoms with E-state index < -0.39 is 12.1 Å². The van der Waals surface area contributed by atoms with E-state index in [1.165, 1.54) is 25.3 Å². The molecule has 0 radical (unpaired) electrons. The smallest absolute Gasteiger partial charge is 0.351 e. The molecule has 25 heavy (non-hydrogen) atoms. The summed E-state index contributed by atoms with van der Waals surface area (Å²) in [4.78, 5) is 14.0. The molecule has 3 fully saturated rings. The van der Waals surface area contributed by atoms with Crippen LogP contribution in [0.25, 0.3) is 0 Å². The number of likely N-dealkylation sites (tertiary alicyclic amines) is 1. The first-order valence-corrected chi connectivity index (χ1v) is 9.64. The van der Waals surface area contributed by atoms with Gasteiger partial charge in [0.15, 0.2) is 0 Å². The molecule has 0 bridgehead atoms. The van der Waals surface area contributed by atoms with Crippen LogP contribution in [0.5, 0.6) is 0 Å². The molecule has 6 heteroatoms. The topological polar surface area (TPSA) is 32.3 Å². The Morgan fingerprint density at radius 2 is 1.80 bits per heavy atom. The van der Waals surface area contributed by atoms with Crippen LogP contribution in [0.3, 0.4) is 0 Å². The van der Waals surface area contributed by atoms with E-state index in [0.717, 1.165) is 12.8 Å². The van der Waals surface area contributed by atoms with Gasteiger partial charge in [-0.15, -0.1) is 0 Å². The van der Waals surface area contributed by atoms with E-state index in [4.69, 9.17) is 0 Å². The number of hydrogen-bond donors (Lipinski definition) is 1. The lowest BCUT2D eigenvalue weighted by Crippen LogP contribution is -2.51. The molecule has 3 aliphatic rings. The standard InChI is InChI=1S/C19H29F3N2O/c1-2-18(25)23-12-16-11-13-5-3-4-6-17(13)24(16)15-9-7-14(8-10-15)19(20,21)22/h2,13-17H,1,3-12H2,(H,23,25). The molecule has 142 valence electrons. The Morgan fingerprint density at radius 1 is 1.12 bits per heavy atom. The Bertz CT molecular complexity index is 486. The number of amides is 1. The maximum atomic E-state index is 13.0. The molecule has 2 aliphatic carbocycles. The number of hydrogen-bond acceptors (Lipinski definition) is 2. The normalized spacial score (nSPS) is 36.7. The SMILES string of the molecule is C=CC(=O)NCC1CC2CCCCC2N1C1CCC(C(F)(F)F)CC1. The van der Waals surface area contributed by atoms with Crippen LogP contribution in [-0.4, -0.2) is 41.7 Å². The van der Waals surface area contributed by atoms with Crippen molar-refractivity contribution >= 4 is 5.91 Å². The van der Waals surface area contributed by atoms with Crippen molar-refractivity contribution in [3.05, 3.63) is 12.7 Å². The number of fused-ring (bicyclic) bond motifs is 1. The molecule has 0 aromatic carbocycles. The predicted octanol–water partition coefficient (Wildman–Crippen LogP) is 4.04. The maximum Gasteiger partial charge on any atom is 0.391 e. The Morgan fingerprint density at radius 3 is 2.44 bits per heavy atom. The van der Waals surface area contributed by atoms with Gasteiger partial charge in [0.05, 0.1) is 5.92 Å². The molecule has 3 nitrogen and oxygen atoms in total. The first kappa shape index (κ1) is 18.7. The second-order valence-electron chi connectivity index (χ2n) is 7.94. The van der Waals surface area contributed by atoms with Gasteiger partial charge in [0.25, 0.3) is 0 Å². The average molecular weight is 358 g/mol. The largest absolute Gasteiger partial charge is 0.391 e. The second kappa shape index (κ2) is 7.68. The van der Waals surface area contributed by atoms with Gasteiger partial charge in [0.2, 0.25) is 5.91 Å². The Labute approximate surface area is 148 Å². The van der Waals surface area contributed by atoms with E-state index in [1.807, 2.05) is 0 Å². The third-order valence-corrected chi connectivity index (χ3v) is 6.53. The lowest BCUT2D eigenvalue weighted by atomic mass is 9.82. The van der Waals surface area contributed by atoms with E-state index >= 15 is 0 Å². The summed E-state index contributed by atoms with van der Waals surface area (Å²) in [6.45, 7) is 4.07. The van der Waals surface area contributed by atoms with Crippen LogP contribution in [0.2, 0.25) is 0 Å². The van der Waals surface area contributed by atoms with Crippen LogP contribution in [0.1, 0.15) is 57.8 Å². The van der Waals surface area contributed by atoms with E-state index in [-0.39, 0.29) is 30.8 Å². The van der Waals surface area contributed by atoms with Gasteiger partial charge in [0.1, 0.15) is 0 Å². The Hall–Kier alpha value is -1.04. The van der Waals surface area contributed by atoms with Crippen molar-refractivity contribution < 1.29 is 18.0 Å². The minimum absolute atomic E-state index is 0.171. The molecule has 1 amide bonds. The summed E-state index contributed by atoms with van der Waals surface area (Å²) < 4.78 is 38.9. The molecule has 0 aromatic rings. The minimum atomic E-state index is -4.05. The highest BCUT2D eigenvalue weighted by Crippen LogP contribution is 2.45. The molecule has 2 saturated carbocycles. The van der Waals surface area contributed by atoms with Crippen molar-refractivity contribution in [2.24, 2.45) is 11.8 Å². The van der Waals surface area contributed by atoms with Gasteiger partial charge in [-0.2, -0.15) is 13.2 Å². The maximum absolute atomic E-state index is 13.0. The van der Waals surface area contributed by atoms with Crippen LogP contribution in [0.4, 0.5) is 13.2 Å². The lowest BCUT2D eigenvalue weighted by molar-refractivity contribution is -0.185. The molecule has 1 aliphatic heterocycles. The number of nitrogens with one attached hydrogen (secondary N) is 1. The summed E-state index contributed by atoms with van der Waals surface area (Å²) in [7, 11) is 0. The summed E-state index contributed by atoms with van der Waals surface area (Å²) in [5, 5.41) is 2.91. The minimum Gasteiger partial charge on any atom is -0.351 e. The van der Waals surface area contributed by atoms with Crippen molar-refractivity contribution in [1.82, 2.24) is 10.2 Å². The predicted molar refractivity (Wildman–Crippen MR) is 91.0 cm³/mol. The summed E-state index contributed by atoms with van der Waals surface area (Å²) in [5.74, 6) is -0.664. The highest BCUT2D eigenvalue weighted by Gasteiger charge is 2.48. The highest BCUT2D eigenvalue weighted by atomic mass is 19.4. The van der Waals surface area contributed by atoms with Crippen molar-refractivity contribution in [1.29, 1.82) is 0 Å². The molecule has 3 rings (SSSR count). The molecule has 0 aromatic heterocycles. The zero-order valence-electron chi connectivity index (χ0n) is 14.7. The molecule has 3 unspecified atom stereocenters. The summed E-state index contributed by atoms with van der Waals surface area (Å²) in [5.41, 5.74) is 0. The third-order valence-electron chi connectivity index (χ3n) is 6.53. The molecule has 0 spiro atoms. The highest BCUT2D eigenvalue weighted by molar-refractivity contribution is 5.86. The number of alkyl halides is 3. The molecule has 3 atom stereocenters. The number of carbonyl (C=O) groups is 1. The molecule has 1 saturated heterocycles. The molecule has 1 N–H and O–H groups in total. The third kappa shape index (κ3) is 4.21. The summed E-state index contributed by atoms with van der Waals surface area (Å²) in [6.07, 6.45) is 4.84. The van der Waals surface area contributed by atoms with Gasteiger partial charge in [0, 0.05) is 24.7 Å². The van der Waals surface area contributed by atoms with E-state index in [1.54, 1.807) is 0 Å². The average Bonchev–Trinajstić information content (AvgIpc) is 2.97. The lowest BCUT2D eigenvalue weighted by Gasteiger charge is -2.43. The molecular weight excluding hydrogens is 329 g/mol. The number of nitrogens with zero attached hydrogens (tertiary/aromatic N) is 1. The summed E-state index contributed by atoms with van der Waals surface area (Å²) >= 11 is 0. The van der Waals surface area contributed by atoms with Gasteiger partial charge >= 0.3 is 6.18 Å². The van der Waals surface area contributed by atoms with Gasteiger partial charge in [-0.3, -0.25) is 9.69 Å². The zero-order chi connectivity index (χ0) is 18.0. The molecule has 1 heterocycles. The number of rotatable bonds is 4. The quantitative estimate of drug-likeness (QED) is 0.769. The van der Waals surface area contributed by atoms with Crippen LogP contribution in [-0.2, 0) is 4.79 Å². The van der Waals surface area contributed by atoms with Crippen molar-refractivity contribution in [3.8, 4) is 0 Å².